The number of pyridine rings is 1. The van der Waals surface area contributed by atoms with Gasteiger partial charge in [0.25, 0.3) is 0 Å². The number of halogens is 1. The number of nitrogens with zero attached hydrogens (tertiary/aromatic N) is 1. The summed E-state index contributed by atoms with van der Waals surface area (Å²) < 4.78 is 13.3. The Kier molecular flexibility index (Phi) is 2.83. The fraction of sp³-hybridized carbons (Fsp3) is 0.0833. The number of rotatable bonds is 2. The Hall–Kier alpha value is -1.94. The van der Waals surface area contributed by atoms with Crippen LogP contribution in [0.25, 0.3) is 11.3 Å². The molecule has 0 atom stereocenters. The average Bonchev–Trinajstić information content (AvgIpc) is 2.28. The van der Waals surface area contributed by atoms with E-state index in [0.717, 1.165) is 5.56 Å². The summed E-state index contributed by atoms with van der Waals surface area (Å²) in [5.41, 5.74) is 13.8. The smallest absolute Gasteiger partial charge is 0.124 e. The van der Waals surface area contributed by atoms with Gasteiger partial charge >= 0.3 is 0 Å². The highest BCUT2D eigenvalue weighted by Gasteiger charge is 2.04. The zero-order valence-corrected chi connectivity index (χ0v) is 8.65. The van der Waals surface area contributed by atoms with Crippen molar-refractivity contribution in [3.8, 4) is 11.3 Å². The molecule has 0 spiro atoms. The summed E-state index contributed by atoms with van der Waals surface area (Å²) in [6.07, 6.45) is 1.59. The van der Waals surface area contributed by atoms with Gasteiger partial charge in [-0.15, -0.1) is 0 Å². The van der Waals surface area contributed by atoms with Crippen LogP contribution in [0.15, 0.2) is 36.5 Å². The first kappa shape index (κ1) is 10.6. The highest BCUT2D eigenvalue weighted by molar-refractivity contribution is 5.63. The molecule has 2 aromatic rings. The van der Waals surface area contributed by atoms with Crippen LogP contribution in [0.3, 0.4) is 0 Å². The lowest BCUT2D eigenvalue weighted by molar-refractivity contribution is 0.626. The maximum Gasteiger partial charge on any atom is 0.124 e. The molecule has 0 aliphatic heterocycles. The van der Waals surface area contributed by atoms with Crippen molar-refractivity contribution in [2.45, 2.75) is 6.54 Å². The first-order chi connectivity index (χ1) is 7.69. The predicted octanol–water partition coefficient (Wildman–Crippen LogP) is 1.93. The number of nitrogen functional groups attached to an aromatic ring is 1. The Labute approximate surface area is 92.9 Å². The van der Waals surface area contributed by atoms with E-state index in [9.17, 15) is 4.39 Å². The Bertz CT molecular complexity index is 511. The molecular weight excluding hydrogens is 205 g/mol. The second kappa shape index (κ2) is 4.28. The van der Waals surface area contributed by atoms with E-state index in [2.05, 4.69) is 4.98 Å². The van der Waals surface area contributed by atoms with Gasteiger partial charge in [-0.3, -0.25) is 4.98 Å². The molecule has 0 amide bonds. The summed E-state index contributed by atoms with van der Waals surface area (Å²) in [5.74, 6) is -0.317. The van der Waals surface area contributed by atoms with Gasteiger partial charge in [-0.2, -0.15) is 0 Å². The third kappa shape index (κ3) is 2.17. The summed E-state index contributed by atoms with van der Waals surface area (Å²) in [6.45, 7) is 0.299. The fourth-order valence-corrected chi connectivity index (χ4v) is 1.52. The summed E-state index contributed by atoms with van der Waals surface area (Å²) in [4.78, 5) is 4.14. The van der Waals surface area contributed by atoms with Gasteiger partial charge in [0.05, 0.1) is 5.69 Å². The third-order valence-corrected chi connectivity index (χ3v) is 2.27. The maximum atomic E-state index is 13.3. The fourth-order valence-electron chi connectivity index (χ4n) is 1.52. The summed E-state index contributed by atoms with van der Waals surface area (Å²) in [7, 11) is 0. The Balaban J connectivity index is 2.51. The molecule has 0 aliphatic rings. The van der Waals surface area contributed by atoms with Crippen LogP contribution in [0.2, 0.25) is 0 Å². The van der Waals surface area contributed by atoms with E-state index in [1.165, 1.54) is 12.1 Å². The molecule has 0 saturated carbocycles. The first-order valence-corrected chi connectivity index (χ1v) is 4.90. The molecule has 16 heavy (non-hydrogen) atoms. The van der Waals surface area contributed by atoms with Crippen molar-refractivity contribution in [2.24, 2.45) is 5.73 Å². The third-order valence-electron chi connectivity index (χ3n) is 2.27. The molecule has 1 aromatic carbocycles. The molecule has 4 heteroatoms. The molecule has 0 radical (unpaired) electrons. The zero-order valence-electron chi connectivity index (χ0n) is 8.65. The Morgan fingerprint density at radius 2 is 2.00 bits per heavy atom. The van der Waals surface area contributed by atoms with Gasteiger partial charge in [-0.1, -0.05) is 0 Å². The SMILES string of the molecule is NCc1cc(F)cc(-c2cc(N)ccn2)c1. The number of hydrogen-bond donors (Lipinski definition) is 2. The van der Waals surface area contributed by atoms with E-state index in [1.807, 2.05) is 6.07 Å². The largest absolute Gasteiger partial charge is 0.399 e. The molecule has 0 unspecified atom stereocenters. The minimum atomic E-state index is -0.317. The van der Waals surface area contributed by atoms with Gasteiger partial charge in [0.1, 0.15) is 5.82 Å². The molecule has 4 N–H and O–H groups in total. The van der Waals surface area contributed by atoms with Gasteiger partial charge in [0.2, 0.25) is 0 Å². The van der Waals surface area contributed by atoms with E-state index in [-0.39, 0.29) is 5.82 Å². The van der Waals surface area contributed by atoms with Crippen LogP contribution in [0.5, 0.6) is 0 Å². The lowest BCUT2D eigenvalue weighted by Gasteiger charge is -2.04. The molecule has 3 nitrogen and oxygen atoms in total. The van der Waals surface area contributed by atoms with Crippen molar-refractivity contribution in [1.82, 2.24) is 4.98 Å². The van der Waals surface area contributed by atoms with Crippen molar-refractivity contribution in [3.05, 3.63) is 47.9 Å². The average molecular weight is 217 g/mol. The zero-order chi connectivity index (χ0) is 11.5. The maximum absolute atomic E-state index is 13.3. The van der Waals surface area contributed by atoms with Crippen molar-refractivity contribution in [3.63, 3.8) is 0 Å². The molecule has 0 bridgehead atoms. The first-order valence-electron chi connectivity index (χ1n) is 4.90. The Morgan fingerprint density at radius 1 is 1.19 bits per heavy atom. The molecule has 1 heterocycles. The van der Waals surface area contributed by atoms with Crippen molar-refractivity contribution >= 4 is 5.69 Å². The number of hydrogen-bond acceptors (Lipinski definition) is 3. The predicted molar refractivity (Wildman–Crippen MR) is 61.9 cm³/mol. The van der Waals surface area contributed by atoms with E-state index in [0.29, 0.717) is 23.5 Å². The van der Waals surface area contributed by atoms with E-state index in [1.54, 1.807) is 18.3 Å². The second-order valence-electron chi connectivity index (χ2n) is 3.53. The van der Waals surface area contributed by atoms with Gasteiger partial charge < -0.3 is 11.5 Å². The molecule has 0 saturated heterocycles. The molecule has 2 rings (SSSR count). The molecule has 0 aliphatic carbocycles. The van der Waals surface area contributed by atoms with Crippen LogP contribution in [0.1, 0.15) is 5.56 Å². The summed E-state index contributed by atoms with van der Waals surface area (Å²) in [6, 6.07) is 8.03. The van der Waals surface area contributed by atoms with Crippen LogP contribution in [0.4, 0.5) is 10.1 Å². The topological polar surface area (TPSA) is 64.9 Å². The number of nitrogens with two attached hydrogens (primary N) is 2. The molecule has 82 valence electrons. The second-order valence-corrected chi connectivity index (χ2v) is 3.53. The quantitative estimate of drug-likeness (QED) is 0.807. The highest BCUT2D eigenvalue weighted by atomic mass is 19.1. The summed E-state index contributed by atoms with van der Waals surface area (Å²) in [5, 5.41) is 0. The molecule has 1 aromatic heterocycles. The van der Waals surface area contributed by atoms with Crippen LogP contribution >= 0.6 is 0 Å². The van der Waals surface area contributed by atoms with Crippen molar-refractivity contribution in [2.75, 3.05) is 5.73 Å². The monoisotopic (exact) mass is 217 g/mol. The molecule has 0 fully saturated rings. The highest BCUT2D eigenvalue weighted by Crippen LogP contribution is 2.21. The van der Waals surface area contributed by atoms with Gasteiger partial charge in [-0.05, 0) is 35.9 Å². The van der Waals surface area contributed by atoms with Gasteiger partial charge in [-0.25, -0.2) is 4.39 Å². The van der Waals surface area contributed by atoms with Crippen molar-refractivity contribution in [1.29, 1.82) is 0 Å². The minimum absolute atomic E-state index is 0.299. The lowest BCUT2D eigenvalue weighted by atomic mass is 10.1. The standard InChI is InChI=1S/C12H12FN3/c13-10-4-8(7-14)3-9(5-10)12-6-11(15)1-2-16-12/h1-6H,7,14H2,(H2,15,16). The number of aromatic nitrogens is 1. The van der Waals surface area contributed by atoms with Crippen LogP contribution < -0.4 is 11.5 Å². The molecular formula is C12H12FN3. The lowest BCUT2D eigenvalue weighted by Crippen LogP contribution is -1.98. The Morgan fingerprint density at radius 3 is 2.69 bits per heavy atom. The summed E-state index contributed by atoms with van der Waals surface area (Å²) >= 11 is 0. The van der Waals surface area contributed by atoms with Crippen LogP contribution in [0, 0.1) is 5.82 Å². The van der Waals surface area contributed by atoms with Gasteiger partial charge in [0, 0.05) is 24.0 Å². The van der Waals surface area contributed by atoms with Crippen LogP contribution in [-0.4, -0.2) is 4.98 Å². The van der Waals surface area contributed by atoms with Crippen LogP contribution in [-0.2, 0) is 6.54 Å². The number of anilines is 1. The van der Waals surface area contributed by atoms with Crippen molar-refractivity contribution < 1.29 is 4.39 Å². The minimum Gasteiger partial charge on any atom is -0.399 e. The van der Waals surface area contributed by atoms with E-state index in [4.69, 9.17) is 11.5 Å². The van der Waals surface area contributed by atoms with E-state index < -0.39 is 0 Å². The normalized spacial score (nSPS) is 10.4. The van der Waals surface area contributed by atoms with Gasteiger partial charge in [0.15, 0.2) is 0 Å². The van der Waals surface area contributed by atoms with E-state index >= 15 is 0 Å². The number of benzene rings is 1.